The molecule has 1 aromatic rings. The van der Waals surface area contributed by atoms with Crippen LogP contribution < -0.4 is 5.57 Å². The monoisotopic (exact) mass is 262 g/mol. The molecule has 1 heterocycles. The summed E-state index contributed by atoms with van der Waals surface area (Å²) in [5.41, 5.74) is 0.501. The molecule has 0 bridgehead atoms. The first-order valence-electron chi connectivity index (χ1n) is 4.18. The molecule has 3 nitrogen and oxygen atoms in total. The number of hydrogen-bond acceptors (Lipinski definition) is 3. The number of rotatable bonds is 3. The second kappa shape index (κ2) is 4.34. The van der Waals surface area contributed by atoms with Gasteiger partial charge in [0.15, 0.2) is 12.7 Å². The Balaban J connectivity index is 3.07. The third-order valence-electron chi connectivity index (χ3n) is 1.99. The van der Waals surface area contributed by atoms with Crippen molar-refractivity contribution in [2.75, 3.05) is 12.3 Å². The third kappa shape index (κ3) is 2.38. The van der Waals surface area contributed by atoms with Gasteiger partial charge in [-0.2, -0.15) is 0 Å². The molecule has 72 valence electrons. The molecule has 1 rings (SSSR count). The van der Waals surface area contributed by atoms with Crippen molar-refractivity contribution in [3.8, 4) is 0 Å². The molecule has 0 N–H and O–H groups in total. The fourth-order valence-corrected chi connectivity index (χ4v) is 2.78. The normalized spacial score (nSPS) is 11.6. The van der Waals surface area contributed by atoms with Crippen LogP contribution in [-0.4, -0.2) is 22.3 Å². The Kier molecular flexibility index (Phi) is 3.63. The summed E-state index contributed by atoms with van der Waals surface area (Å²) in [6.45, 7) is 3.82. The summed E-state index contributed by atoms with van der Waals surface area (Å²) in [6.07, 6.45) is 4.54. The van der Waals surface area contributed by atoms with E-state index in [1.54, 1.807) is 12.4 Å². The minimum Gasteiger partial charge on any atom is -0.315 e. The summed E-state index contributed by atoms with van der Waals surface area (Å²) in [4.78, 5) is 8.14. The highest BCUT2D eigenvalue weighted by atomic mass is 79.9. The largest absolute Gasteiger partial charge is 0.315 e. The van der Waals surface area contributed by atoms with Gasteiger partial charge in [-0.25, -0.2) is 9.97 Å². The highest BCUT2D eigenvalue weighted by Gasteiger charge is 2.22. The summed E-state index contributed by atoms with van der Waals surface area (Å²) in [5, 5.41) is 0. The van der Waals surface area contributed by atoms with E-state index in [-0.39, 0.29) is 0 Å². The fourth-order valence-electron chi connectivity index (χ4n) is 1.02. The van der Waals surface area contributed by atoms with Gasteiger partial charge in [0.2, 0.25) is 0 Å². The van der Waals surface area contributed by atoms with E-state index in [4.69, 9.17) is 0 Å². The first-order valence-corrected chi connectivity index (χ1v) is 7.05. The van der Waals surface area contributed by atoms with Gasteiger partial charge in [0, 0.05) is 24.7 Å². The molecular weight excluding hydrogens is 251 g/mol. The Bertz CT molecular complexity index is 317. The molecule has 0 saturated carbocycles. The van der Waals surface area contributed by atoms with E-state index in [2.05, 4.69) is 25.9 Å². The predicted molar refractivity (Wildman–Crippen MR) is 58.1 cm³/mol. The molecule has 0 amide bonds. The van der Waals surface area contributed by atoms with Crippen LogP contribution in [0.3, 0.4) is 0 Å². The van der Waals surface area contributed by atoms with Gasteiger partial charge in [-0.1, -0.05) is 13.8 Å². The number of hydrogen-bond donors (Lipinski definition) is 0. The molecule has 1 aromatic heterocycles. The summed E-state index contributed by atoms with van der Waals surface area (Å²) >= 11 is 3.24. The minimum absolute atomic E-state index is 0.501. The van der Waals surface area contributed by atoms with Crippen LogP contribution in [0.2, 0.25) is 0 Å². The maximum atomic E-state index is 12.1. The first-order chi connectivity index (χ1) is 6.12. The fraction of sp³-hybridized carbons (Fsp3) is 0.500. The lowest BCUT2D eigenvalue weighted by atomic mass is 10.7. The van der Waals surface area contributed by atoms with Crippen LogP contribution in [0.5, 0.6) is 0 Å². The van der Waals surface area contributed by atoms with Crippen molar-refractivity contribution < 1.29 is 4.57 Å². The molecule has 0 saturated heterocycles. The van der Waals surface area contributed by atoms with Gasteiger partial charge in [0.25, 0.3) is 0 Å². The standard InChI is InChI=1S/C8H12BrN2OP/c1-3-13(12,4-2)8-10-5-7(9)6-11-8/h5-6H,3-4H2,1-2H3. The lowest BCUT2D eigenvalue weighted by Crippen LogP contribution is -2.16. The van der Waals surface area contributed by atoms with Gasteiger partial charge in [-0.3, -0.25) is 0 Å². The van der Waals surface area contributed by atoms with Crippen LogP contribution >= 0.6 is 23.1 Å². The zero-order valence-electron chi connectivity index (χ0n) is 7.70. The SMILES string of the molecule is CCP(=O)(CC)c1ncc(Br)cn1. The van der Waals surface area contributed by atoms with E-state index < -0.39 is 7.14 Å². The second-order valence-corrected chi connectivity index (χ2v) is 7.08. The quantitative estimate of drug-likeness (QED) is 0.785. The first kappa shape index (κ1) is 10.9. The van der Waals surface area contributed by atoms with E-state index in [0.29, 0.717) is 17.9 Å². The predicted octanol–water partition coefficient (Wildman–Crippen LogP) is 2.27. The Morgan fingerprint density at radius 3 is 2.15 bits per heavy atom. The van der Waals surface area contributed by atoms with Crippen LogP contribution in [-0.2, 0) is 4.57 Å². The van der Waals surface area contributed by atoms with Gasteiger partial charge < -0.3 is 4.57 Å². The Hall–Kier alpha value is -0.210. The van der Waals surface area contributed by atoms with Gasteiger partial charge in [0.1, 0.15) is 0 Å². The van der Waals surface area contributed by atoms with Crippen molar-refractivity contribution in [3.05, 3.63) is 16.9 Å². The topological polar surface area (TPSA) is 42.9 Å². The molecule has 0 spiro atoms. The van der Waals surface area contributed by atoms with Crippen LogP contribution in [0.4, 0.5) is 0 Å². The Morgan fingerprint density at radius 2 is 1.77 bits per heavy atom. The van der Waals surface area contributed by atoms with E-state index >= 15 is 0 Å². The Labute approximate surface area is 86.5 Å². The van der Waals surface area contributed by atoms with Crippen molar-refractivity contribution in [2.24, 2.45) is 0 Å². The highest BCUT2D eigenvalue weighted by Crippen LogP contribution is 2.41. The minimum atomic E-state index is -2.30. The molecule has 5 heteroatoms. The molecule has 0 aliphatic carbocycles. The van der Waals surface area contributed by atoms with Crippen LogP contribution in [0, 0.1) is 0 Å². The summed E-state index contributed by atoms with van der Waals surface area (Å²) in [5.74, 6) is 0. The second-order valence-electron chi connectivity index (χ2n) is 2.72. The van der Waals surface area contributed by atoms with E-state index in [1.165, 1.54) is 0 Å². The molecule has 0 atom stereocenters. The smallest absolute Gasteiger partial charge is 0.188 e. The van der Waals surface area contributed by atoms with Crippen LogP contribution in [0.1, 0.15) is 13.8 Å². The maximum absolute atomic E-state index is 12.1. The molecule has 0 aromatic carbocycles. The van der Waals surface area contributed by atoms with Crippen molar-refractivity contribution in [2.45, 2.75) is 13.8 Å². The van der Waals surface area contributed by atoms with E-state index in [1.807, 2.05) is 13.8 Å². The summed E-state index contributed by atoms with van der Waals surface area (Å²) in [6, 6.07) is 0. The van der Waals surface area contributed by atoms with Gasteiger partial charge in [0.05, 0.1) is 4.47 Å². The number of halogens is 1. The molecule has 13 heavy (non-hydrogen) atoms. The summed E-state index contributed by atoms with van der Waals surface area (Å²) < 4.78 is 12.9. The van der Waals surface area contributed by atoms with Crippen molar-refractivity contribution in [3.63, 3.8) is 0 Å². The van der Waals surface area contributed by atoms with Crippen LogP contribution in [0.15, 0.2) is 16.9 Å². The zero-order chi connectivity index (χ0) is 9.90. The van der Waals surface area contributed by atoms with Gasteiger partial charge in [-0.15, -0.1) is 0 Å². The third-order valence-corrected chi connectivity index (χ3v) is 5.41. The number of nitrogens with zero attached hydrogens (tertiary/aromatic N) is 2. The molecular formula is C8H12BrN2OP. The molecule has 0 unspecified atom stereocenters. The average molecular weight is 263 g/mol. The van der Waals surface area contributed by atoms with Crippen LogP contribution in [0.25, 0.3) is 0 Å². The van der Waals surface area contributed by atoms with Crippen molar-refractivity contribution in [1.29, 1.82) is 0 Å². The maximum Gasteiger partial charge on any atom is 0.188 e. The van der Waals surface area contributed by atoms with Gasteiger partial charge in [-0.05, 0) is 15.9 Å². The molecule has 0 fully saturated rings. The molecule has 0 aliphatic heterocycles. The van der Waals surface area contributed by atoms with Crippen molar-refractivity contribution in [1.82, 2.24) is 9.97 Å². The lowest BCUT2D eigenvalue weighted by molar-refractivity contribution is 0.581. The van der Waals surface area contributed by atoms with Crippen molar-refractivity contribution >= 4 is 28.6 Å². The number of aromatic nitrogens is 2. The highest BCUT2D eigenvalue weighted by molar-refractivity contribution is 9.10. The van der Waals surface area contributed by atoms with E-state index in [9.17, 15) is 4.57 Å². The Morgan fingerprint density at radius 1 is 1.31 bits per heavy atom. The lowest BCUT2D eigenvalue weighted by Gasteiger charge is -2.11. The van der Waals surface area contributed by atoms with E-state index in [0.717, 1.165) is 4.47 Å². The van der Waals surface area contributed by atoms with Gasteiger partial charge >= 0.3 is 0 Å². The average Bonchev–Trinajstić information content (AvgIpc) is 2.18. The zero-order valence-corrected chi connectivity index (χ0v) is 10.2. The molecule has 0 aliphatic rings. The molecule has 0 radical (unpaired) electrons. The summed E-state index contributed by atoms with van der Waals surface area (Å²) in [7, 11) is -2.30.